The first kappa shape index (κ1) is 22.9. The zero-order valence-electron chi connectivity index (χ0n) is 16.3. The minimum absolute atomic E-state index is 0. The van der Waals surface area contributed by atoms with Gasteiger partial charge < -0.3 is 29.4 Å². The van der Waals surface area contributed by atoms with E-state index in [1.807, 2.05) is 36.7 Å². The molecule has 2 N–H and O–H groups in total. The van der Waals surface area contributed by atoms with E-state index < -0.39 is 0 Å². The van der Waals surface area contributed by atoms with Gasteiger partial charge in [-0.15, -0.1) is 24.0 Å². The number of hydrogen-bond donors (Lipinski definition) is 2. The van der Waals surface area contributed by atoms with Gasteiger partial charge in [0.25, 0.3) is 0 Å². The molecule has 27 heavy (non-hydrogen) atoms. The van der Waals surface area contributed by atoms with Crippen molar-refractivity contribution in [2.24, 2.45) is 4.99 Å². The van der Waals surface area contributed by atoms with Gasteiger partial charge in [-0.05, 0) is 24.6 Å². The normalized spacial score (nSPS) is 10.7. The molecule has 0 saturated carbocycles. The van der Waals surface area contributed by atoms with Crippen LogP contribution in [0, 0.1) is 0 Å². The molecule has 150 valence electrons. The van der Waals surface area contributed by atoms with Crippen LogP contribution in [0.4, 0.5) is 0 Å². The van der Waals surface area contributed by atoms with E-state index in [2.05, 4.69) is 20.2 Å². The lowest BCUT2D eigenvalue weighted by Crippen LogP contribution is -2.39. The van der Waals surface area contributed by atoms with E-state index in [4.69, 9.17) is 14.2 Å². The van der Waals surface area contributed by atoms with Crippen LogP contribution in [0.2, 0.25) is 0 Å². The van der Waals surface area contributed by atoms with Gasteiger partial charge in [-0.1, -0.05) is 6.07 Å². The van der Waals surface area contributed by atoms with Crippen molar-refractivity contribution in [1.82, 2.24) is 15.2 Å². The Morgan fingerprint density at radius 2 is 1.63 bits per heavy atom. The third-order valence-electron chi connectivity index (χ3n) is 4.02. The fourth-order valence-electron chi connectivity index (χ4n) is 2.72. The maximum atomic E-state index is 5.52. The third-order valence-corrected chi connectivity index (χ3v) is 4.02. The van der Waals surface area contributed by atoms with E-state index in [9.17, 15) is 0 Å². The summed E-state index contributed by atoms with van der Waals surface area (Å²) in [6.07, 6.45) is 4.85. The molecule has 0 bridgehead atoms. The van der Waals surface area contributed by atoms with Crippen molar-refractivity contribution < 1.29 is 14.2 Å². The molecule has 0 unspecified atom stereocenters. The molecule has 0 fully saturated rings. The number of aromatic nitrogens is 1. The molecule has 7 nitrogen and oxygen atoms in total. The lowest BCUT2D eigenvalue weighted by Gasteiger charge is -2.16. The largest absolute Gasteiger partial charge is 0.493 e. The third kappa shape index (κ3) is 6.53. The van der Waals surface area contributed by atoms with Crippen molar-refractivity contribution in [3.05, 3.63) is 42.2 Å². The van der Waals surface area contributed by atoms with Gasteiger partial charge in [0.05, 0.1) is 21.3 Å². The molecule has 0 aliphatic carbocycles. The molecule has 2 rings (SSSR count). The second-order valence-corrected chi connectivity index (χ2v) is 5.59. The monoisotopic (exact) mass is 488 g/mol. The van der Waals surface area contributed by atoms with Crippen LogP contribution in [-0.2, 0) is 13.0 Å². The number of methoxy groups -OCH3 is 3. The molecule has 0 saturated heterocycles. The minimum atomic E-state index is 0. The summed E-state index contributed by atoms with van der Waals surface area (Å²) < 4.78 is 18.4. The molecule has 1 aromatic carbocycles. The van der Waals surface area contributed by atoms with Crippen molar-refractivity contribution >= 4 is 29.9 Å². The van der Waals surface area contributed by atoms with E-state index >= 15 is 0 Å². The van der Waals surface area contributed by atoms with Crippen LogP contribution in [0.3, 0.4) is 0 Å². The lowest BCUT2D eigenvalue weighted by molar-refractivity contribution is 0.322. The zero-order valence-corrected chi connectivity index (χ0v) is 18.7. The van der Waals surface area contributed by atoms with Crippen LogP contribution < -0.4 is 24.8 Å². The van der Waals surface area contributed by atoms with E-state index in [1.165, 1.54) is 0 Å². The summed E-state index contributed by atoms with van der Waals surface area (Å²) in [5.41, 5.74) is 1.04. The number of ether oxygens (including phenoxy) is 3. The molecule has 0 radical (unpaired) electrons. The smallest absolute Gasteiger partial charge is 0.203 e. The maximum Gasteiger partial charge on any atom is 0.203 e. The highest BCUT2D eigenvalue weighted by atomic mass is 127. The molecule has 0 spiro atoms. The van der Waals surface area contributed by atoms with Crippen LogP contribution in [0.1, 0.15) is 5.56 Å². The van der Waals surface area contributed by atoms with Crippen LogP contribution in [-0.4, -0.2) is 52.0 Å². The molecule has 0 aliphatic rings. The SMILES string of the molecule is CN=C(NCCc1ccc(OC)c(OC)c1OC)NCCn1cccc1.I. The topological polar surface area (TPSA) is 69.0 Å². The molecule has 0 aliphatic heterocycles. The summed E-state index contributed by atoms with van der Waals surface area (Å²) in [4.78, 5) is 4.25. The van der Waals surface area contributed by atoms with Gasteiger partial charge in [-0.25, -0.2) is 0 Å². The van der Waals surface area contributed by atoms with Crippen molar-refractivity contribution in [2.75, 3.05) is 41.5 Å². The Bertz CT molecular complexity index is 705. The highest BCUT2D eigenvalue weighted by Crippen LogP contribution is 2.39. The number of nitrogens with one attached hydrogen (secondary N) is 2. The first-order valence-electron chi connectivity index (χ1n) is 8.56. The van der Waals surface area contributed by atoms with Crippen molar-refractivity contribution in [1.29, 1.82) is 0 Å². The van der Waals surface area contributed by atoms with Crippen molar-refractivity contribution in [3.8, 4) is 17.2 Å². The molecular weight excluding hydrogens is 459 g/mol. The summed E-state index contributed by atoms with van der Waals surface area (Å²) in [6, 6.07) is 7.91. The number of guanidine groups is 1. The summed E-state index contributed by atoms with van der Waals surface area (Å²) in [7, 11) is 6.62. The average molecular weight is 488 g/mol. The van der Waals surface area contributed by atoms with Crippen molar-refractivity contribution in [3.63, 3.8) is 0 Å². The zero-order chi connectivity index (χ0) is 18.8. The summed E-state index contributed by atoms with van der Waals surface area (Å²) in [6.45, 7) is 2.40. The molecule has 8 heteroatoms. The molecule has 1 heterocycles. The minimum Gasteiger partial charge on any atom is -0.493 e. The lowest BCUT2D eigenvalue weighted by atomic mass is 10.1. The molecule has 0 amide bonds. The molecule has 0 atom stereocenters. The maximum absolute atomic E-state index is 5.52. The number of aliphatic imine (C=N–C) groups is 1. The second kappa shape index (κ2) is 12.3. The summed E-state index contributed by atoms with van der Waals surface area (Å²) >= 11 is 0. The van der Waals surface area contributed by atoms with E-state index in [0.717, 1.165) is 37.6 Å². The number of halogens is 1. The first-order valence-corrected chi connectivity index (χ1v) is 8.56. The fourth-order valence-corrected chi connectivity index (χ4v) is 2.72. The number of rotatable bonds is 9. The Labute approximate surface area is 178 Å². The molecular formula is C19H29IN4O3. The number of hydrogen-bond acceptors (Lipinski definition) is 4. The summed E-state index contributed by atoms with van der Waals surface area (Å²) in [5.74, 6) is 2.74. The van der Waals surface area contributed by atoms with Gasteiger partial charge in [0.2, 0.25) is 5.75 Å². The van der Waals surface area contributed by atoms with E-state index in [0.29, 0.717) is 17.2 Å². The van der Waals surface area contributed by atoms with Gasteiger partial charge in [0.15, 0.2) is 17.5 Å². The van der Waals surface area contributed by atoms with Crippen molar-refractivity contribution in [2.45, 2.75) is 13.0 Å². The highest BCUT2D eigenvalue weighted by molar-refractivity contribution is 14.0. The predicted molar refractivity (Wildman–Crippen MR) is 119 cm³/mol. The first-order chi connectivity index (χ1) is 12.7. The standard InChI is InChI=1S/C19H28N4O3.HI/c1-20-19(22-11-14-23-12-5-6-13-23)21-10-9-15-7-8-16(24-2)18(26-4)17(15)25-3;/h5-8,12-13H,9-11,14H2,1-4H3,(H2,20,21,22);1H. The predicted octanol–water partition coefficient (Wildman–Crippen LogP) is 2.54. The quantitative estimate of drug-likeness (QED) is 0.323. The van der Waals surface area contributed by atoms with Gasteiger partial charge in [0.1, 0.15) is 0 Å². The van der Waals surface area contributed by atoms with E-state index in [-0.39, 0.29) is 24.0 Å². The molecule has 2 aromatic rings. The van der Waals surface area contributed by atoms with Gasteiger partial charge >= 0.3 is 0 Å². The van der Waals surface area contributed by atoms with Crippen LogP contribution >= 0.6 is 24.0 Å². The fraction of sp³-hybridized carbons (Fsp3) is 0.421. The number of benzene rings is 1. The number of nitrogens with zero attached hydrogens (tertiary/aromatic N) is 2. The Kier molecular flexibility index (Phi) is 10.5. The Hall–Kier alpha value is -2.10. The average Bonchev–Trinajstić information content (AvgIpc) is 3.19. The molecule has 1 aromatic heterocycles. The Morgan fingerprint density at radius 3 is 2.22 bits per heavy atom. The summed E-state index contributed by atoms with van der Waals surface area (Å²) in [5, 5.41) is 6.62. The van der Waals surface area contributed by atoms with Crippen LogP contribution in [0.25, 0.3) is 0 Å². The van der Waals surface area contributed by atoms with Crippen LogP contribution in [0.15, 0.2) is 41.7 Å². The van der Waals surface area contributed by atoms with Gasteiger partial charge in [0, 0.05) is 44.6 Å². The Balaban J connectivity index is 0.00000364. The van der Waals surface area contributed by atoms with Gasteiger partial charge in [-0.3, -0.25) is 4.99 Å². The second-order valence-electron chi connectivity index (χ2n) is 5.59. The van der Waals surface area contributed by atoms with Crippen LogP contribution in [0.5, 0.6) is 17.2 Å². The highest BCUT2D eigenvalue weighted by Gasteiger charge is 2.15. The van der Waals surface area contributed by atoms with E-state index in [1.54, 1.807) is 28.4 Å². The van der Waals surface area contributed by atoms with Gasteiger partial charge in [-0.2, -0.15) is 0 Å². The Morgan fingerprint density at radius 1 is 0.963 bits per heavy atom.